The van der Waals surface area contributed by atoms with Crippen molar-refractivity contribution in [1.82, 2.24) is 0 Å². The molecule has 1 unspecified atom stereocenters. The molecule has 0 aliphatic carbocycles. The van der Waals surface area contributed by atoms with Gasteiger partial charge in [-0.25, -0.2) is 0 Å². The summed E-state index contributed by atoms with van der Waals surface area (Å²) in [5.74, 6) is 0.0303. The van der Waals surface area contributed by atoms with Crippen molar-refractivity contribution in [3.05, 3.63) is 6.07 Å². The molecule has 2 aromatic rings. The summed E-state index contributed by atoms with van der Waals surface area (Å²) in [4.78, 5) is 12.7. The Morgan fingerprint density at radius 2 is 1.96 bits per heavy atom. The van der Waals surface area contributed by atoms with Crippen LogP contribution in [0.1, 0.15) is 41.0 Å². The van der Waals surface area contributed by atoms with Crippen molar-refractivity contribution in [2.24, 2.45) is 17.3 Å². The van der Waals surface area contributed by atoms with E-state index in [2.05, 4.69) is 0 Å². The normalized spacial score (nSPS) is 18.6. The van der Waals surface area contributed by atoms with Gasteiger partial charge in [0, 0.05) is 6.07 Å². The van der Waals surface area contributed by atoms with E-state index in [0.717, 1.165) is 0 Å². The molecule has 6 nitrogen and oxygen atoms in total. The highest BCUT2D eigenvalue weighted by atomic mass is 32.2. The number of fused-ring (bicyclic) bond motifs is 1. The number of carbonyl (C=O) groups excluding carboxylic acids is 1. The fourth-order valence-electron chi connectivity index (χ4n) is 2.98. The molecule has 2 aromatic heterocycles. The Morgan fingerprint density at radius 3 is 2.52 bits per heavy atom. The van der Waals surface area contributed by atoms with Gasteiger partial charge in [-0.1, -0.05) is 27.7 Å². The molecule has 126 valence electrons. The number of furan rings is 2. The maximum Gasteiger partial charge on any atom is 0.343 e. The highest BCUT2D eigenvalue weighted by Gasteiger charge is 2.44. The molecule has 0 radical (unpaired) electrons. The highest BCUT2D eigenvalue weighted by Crippen LogP contribution is 2.52. The van der Waals surface area contributed by atoms with Crippen LogP contribution < -0.4 is 8.92 Å². The first-order valence-corrected chi connectivity index (χ1v) is 9.02. The summed E-state index contributed by atoms with van der Waals surface area (Å²) in [5.41, 5.74) is -0.341. The summed E-state index contributed by atoms with van der Waals surface area (Å²) in [6.07, 6.45) is 0.666. The monoisotopic (exact) mass is 340 g/mol. The summed E-state index contributed by atoms with van der Waals surface area (Å²) in [7, 11) is -3.84. The van der Waals surface area contributed by atoms with Gasteiger partial charge >= 0.3 is 16.1 Å². The SMILES string of the molecule is CC(C)CC(C)(C(=O)Oc1c2c3oc1cc3S(=O)(=O)O2)C(C)C. The topological polar surface area (TPSA) is 82.8 Å². The smallest absolute Gasteiger partial charge is 0.343 e. The van der Waals surface area contributed by atoms with E-state index in [1.54, 1.807) is 0 Å². The van der Waals surface area contributed by atoms with Crippen LogP contribution in [0.4, 0.5) is 0 Å². The molecule has 1 aliphatic heterocycles. The van der Waals surface area contributed by atoms with Gasteiger partial charge in [0.1, 0.15) is 0 Å². The van der Waals surface area contributed by atoms with Crippen LogP contribution in [0, 0.1) is 17.3 Å². The molecule has 0 saturated carbocycles. The van der Waals surface area contributed by atoms with E-state index in [9.17, 15) is 13.2 Å². The van der Waals surface area contributed by atoms with Crippen LogP contribution in [0.5, 0.6) is 11.5 Å². The summed E-state index contributed by atoms with van der Waals surface area (Å²) in [6.45, 7) is 9.89. The predicted octanol–water partition coefficient (Wildman–Crippen LogP) is 3.57. The third-order valence-corrected chi connectivity index (χ3v) is 5.79. The average molecular weight is 340 g/mol. The maximum absolute atomic E-state index is 12.8. The molecule has 0 spiro atoms. The molecule has 1 aliphatic rings. The summed E-state index contributed by atoms with van der Waals surface area (Å²) >= 11 is 0. The van der Waals surface area contributed by atoms with E-state index < -0.39 is 21.5 Å². The summed E-state index contributed by atoms with van der Waals surface area (Å²) in [6, 6.07) is 1.33. The van der Waals surface area contributed by atoms with E-state index in [1.807, 2.05) is 34.6 Å². The van der Waals surface area contributed by atoms with Crippen molar-refractivity contribution in [1.29, 1.82) is 0 Å². The van der Waals surface area contributed by atoms with Crippen LogP contribution in [-0.2, 0) is 14.9 Å². The maximum atomic E-state index is 12.8. The van der Waals surface area contributed by atoms with E-state index in [-0.39, 0.29) is 33.5 Å². The zero-order chi connectivity index (χ0) is 17.2. The van der Waals surface area contributed by atoms with Crippen LogP contribution in [0.3, 0.4) is 0 Å². The molecule has 3 heterocycles. The lowest BCUT2D eigenvalue weighted by atomic mass is 9.73. The number of esters is 1. The fourth-order valence-corrected chi connectivity index (χ4v) is 4.06. The molecule has 0 fully saturated rings. The Morgan fingerprint density at radius 1 is 1.30 bits per heavy atom. The molecule has 0 amide bonds. The number of benzene rings is 1. The summed E-state index contributed by atoms with van der Waals surface area (Å²) in [5, 5.41) is 0. The molecule has 23 heavy (non-hydrogen) atoms. The molecule has 0 aromatic carbocycles. The number of rotatable bonds is 5. The number of ether oxygens (including phenoxy) is 1. The van der Waals surface area contributed by atoms with Gasteiger partial charge in [-0.05, 0) is 25.2 Å². The molecular formula is C16H20O6S. The van der Waals surface area contributed by atoms with E-state index >= 15 is 0 Å². The van der Waals surface area contributed by atoms with Gasteiger partial charge in [-0.15, -0.1) is 0 Å². The second-order valence-electron chi connectivity index (χ2n) is 7.06. The zero-order valence-electron chi connectivity index (χ0n) is 13.8. The number of carbonyl (C=O) groups is 1. The number of hydrogen-bond acceptors (Lipinski definition) is 6. The van der Waals surface area contributed by atoms with E-state index in [0.29, 0.717) is 12.3 Å². The lowest BCUT2D eigenvalue weighted by Gasteiger charge is -2.32. The van der Waals surface area contributed by atoms with Gasteiger partial charge in [0.2, 0.25) is 11.5 Å². The first-order valence-electron chi connectivity index (χ1n) is 7.62. The lowest BCUT2D eigenvalue weighted by Crippen LogP contribution is -2.38. The van der Waals surface area contributed by atoms with Gasteiger partial charge in [0.15, 0.2) is 16.1 Å². The highest BCUT2D eigenvalue weighted by molar-refractivity contribution is 7.87. The first kappa shape index (κ1) is 16.1. The molecule has 2 bridgehead atoms. The molecule has 0 N–H and O–H groups in total. The minimum Gasteiger partial charge on any atom is -0.448 e. The molecule has 3 rings (SSSR count). The standard InChI is InChI=1S/C16H20O6S/c1-8(2)7-16(5,9(3)4)15(17)21-12-10-6-11-13(20-10)14(12)22-23(11,18)19/h6,8-9H,7H2,1-5H3. The Bertz CT molecular complexity index is 860. The number of hydrogen-bond donors (Lipinski definition) is 0. The molecule has 1 atom stereocenters. The van der Waals surface area contributed by atoms with Gasteiger partial charge in [0.25, 0.3) is 0 Å². The van der Waals surface area contributed by atoms with Crippen LogP contribution in [0.2, 0.25) is 0 Å². The minimum atomic E-state index is -3.84. The predicted molar refractivity (Wildman–Crippen MR) is 83.2 cm³/mol. The second kappa shape index (κ2) is 4.87. The van der Waals surface area contributed by atoms with Crippen LogP contribution >= 0.6 is 0 Å². The minimum absolute atomic E-state index is 0.00361. The Hall–Kier alpha value is -1.76. The quantitative estimate of drug-likeness (QED) is 0.470. The second-order valence-corrected chi connectivity index (χ2v) is 8.57. The van der Waals surface area contributed by atoms with E-state index in [1.165, 1.54) is 6.07 Å². The Kier molecular flexibility index (Phi) is 3.41. The third-order valence-electron chi connectivity index (χ3n) is 4.56. The third kappa shape index (κ3) is 2.29. The first-order chi connectivity index (χ1) is 10.6. The summed E-state index contributed by atoms with van der Waals surface area (Å²) < 4.78 is 39.4. The van der Waals surface area contributed by atoms with Crippen molar-refractivity contribution in [3.63, 3.8) is 0 Å². The van der Waals surface area contributed by atoms with Gasteiger partial charge in [-0.3, -0.25) is 4.79 Å². The van der Waals surface area contributed by atoms with Crippen LogP contribution in [0.25, 0.3) is 11.2 Å². The van der Waals surface area contributed by atoms with Crippen molar-refractivity contribution in [2.75, 3.05) is 0 Å². The van der Waals surface area contributed by atoms with Gasteiger partial charge in [0.05, 0.1) is 5.41 Å². The largest absolute Gasteiger partial charge is 0.448 e. The Labute approximate surface area is 135 Å². The van der Waals surface area contributed by atoms with Crippen molar-refractivity contribution in [3.8, 4) is 11.5 Å². The molecular weight excluding hydrogens is 320 g/mol. The fraction of sp³-hybridized carbons (Fsp3) is 0.562. The Balaban J connectivity index is 1.93. The van der Waals surface area contributed by atoms with Gasteiger partial charge in [-0.2, -0.15) is 8.42 Å². The van der Waals surface area contributed by atoms with Crippen LogP contribution in [-0.4, -0.2) is 14.4 Å². The van der Waals surface area contributed by atoms with Crippen molar-refractivity contribution in [2.45, 2.75) is 45.9 Å². The van der Waals surface area contributed by atoms with Crippen molar-refractivity contribution < 1.29 is 26.5 Å². The van der Waals surface area contributed by atoms with Gasteiger partial charge < -0.3 is 13.3 Å². The zero-order valence-corrected chi connectivity index (χ0v) is 14.6. The van der Waals surface area contributed by atoms with Crippen LogP contribution in [0.15, 0.2) is 15.4 Å². The average Bonchev–Trinajstić information content (AvgIpc) is 3.01. The molecule has 0 saturated heterocycles. The van der Waals surface area contributed by atoms with E-state index in [4.69, 9.17) is 13.3 Å². The van der Waals surface area contributed by atoms with Crippen molar-refractivity contribution >= 4 is 27.3 Å². The molecule has 7 heteroatoms. The lowest BCUT2D eigenvalue weighted by molar-refractivity contribution is -0.148.